The van der Waals surface area contributed by atoms with E-state index in [2.05, 4.69) is 9.46 Å². The monoisotopic (exact) mass is 277 g/mol. The van der Waals surface area contributed by atoms with E-state index in [-0.39, 0.29) is 10.6 Å². The summed E-state index contributed by atoms with van der Waals surface area (Å²) in [6.07, 6.45) is 0. The smallest absolute Gasteiger partial charge is 0.350 e. The highest BCUT2D eigenvalue weighted by atomic mass is 32.2. The van der Waals surface area contributed by atoms with Crippen LogP contribution in [-0.2, 0) is 14.8 Å². The molecule has 17 heavy (non-hydrogen) atoms. The molecule has 0 unspecified atom stereocenters. The molecular formula is C10H15NO4S2. The maximum Gasteiger partial charge on any atom is 0.350 e. The Morgan fingerprint density at radius 1 is 1.41 bits per heavy atom. The highest BCUT2D eigenvalue weighted by Gasteiger charge is 2.30. The molecule has 0 amide bonds. The minimum atomic E-state index is -3.54. The summed E-state index contributed by atoms with van der Waals surface area (Å²) >= 11 is 1.13. The van der Waals surface area contributed by atoms with E-state index in [0.717, 1.165) is 11.3 Å². The molecule has 0 saturated heterocycles. The third kappa shape index (κ3) is 2.98. The molecule has 96 valence electrons. The molecule has 1 aromatic heterocycles. The van der Waals surface area contributed by atoms with E-state index < -0.39 is 20.7 Å². The van der Waals surface area contributed by atoms with Gasteiger partial charge in [-0.3, -0.25) is 4.72 Å². The van der Waals surface area contributed by atoms with Crippen molar-refractivity contribution in [3.63, 3.8) is 0 Å². The minimum Gasteiger partial charge on any atom is -0.465 e. The number of ether oxygens (including phenoxy) is 1. The fraction of sp³-hybridized carbons (Fsp3) is 0.500. The van der Waals surface area contributed by atoms with E-state index in [1.165, 1.54) is 7.11 Å². The van der Waals surface area contributed by atoms with Gasteiger partial charge in [0.15, 0.2) is 0 Å². The molecule has 0 saturated carbocycles. The summed E-state index contributed by atoms with van der Waals surface area (Å²) < 4.78 is 29.9. The Morgan fingerprint density at radius 2 is 2.00 bits per heavy atom. The van der Waals surface area contributed by atoms with Crippen molar-refractivity contribution < 1.29 is 17.9 Å². The first-order valence-corrected chi connectivity index (χ1v) is 7.23. The lowest BCUT2D eigenvalue weighted by atomic mass is 10.3. The van der Waals surface area contributed by atoms with Gasteiger partial charge in [-0.05, 0) is 32.2 Å². The normalized spacial score (nSPS) is 12.2. The lowest BCUT2D eigenvalue weighted by Crippen LogP contribution is -2.33. The van der Waals surface area contributed by atoms with Gasteiger partial charge >= 0.3 is 5.97 Å². The molecule has 0 aliphatic carbocycles. The average Bonchev–Trinajstić information content (AvgIpc) is 2.62. The van der Waals surface area contributed by atoms with Crippen molar-refractivity contribution in [1.29, 1.82) is 0 Å². The summed E-state index contributed by atoms with van der Waals surface area (Å²) in [4.78, 5) is 11.6. The summed E-state index contributed by atoms with van der Waals surface area (Å²) in [7, 11) is -2.28. The van der Waals surface area contributed by atoms with Gasteiger partial charge in [0, 0.05) is 0 Å². The third-order valence-corrected chi connectivity index (χ3v) is 5.08. The summed E-state index contributed by atoms with van der Waals surface area (Å²) in [5, 5.41) is 1.63. The molecule has 0 aliphatic rings. The number of anilines is 1. The molecular weight excluding hydrogens is 262 g/mol. The van der Waals surface area contributed by atoms with Gasteiger partial charge in [0.25, 0.3) is 0 Å². The number of esters is 1. The molecule has 1 rings (SSSR count). The topological polar surface area (TPSA) is 72.5 Å². The van der Waals surface area contributed by atoms with E-state index in [9.17, 15) is 13.2 Å². The van der Waals surface area contributed by atoms with Crippen LogP contribution in [-0.4, -0.2) is 26.2 Å². The lowest BCUT2D eigenvalue weighted by molar-refractivity contribution is 0.0607. The van der Waals surface area contributed by atoms with Gasteiger partial charge in [0.2, 0.25) is 10.0 Å². The molecule has 0 aliphatic heterocycles. The van der Waals surface area contributed by atoms with Crippen molar-refractivity contribution >= 4 is 33.0 Å². The van der Waals surface area contributed by atoms with Crippen LogP contribution in [0, 0.1) is 0 Å². The van der Waals surface area contributed by atoms with Crippen molar-refractivity contribution in [3.8, 4) is 0 Å². The van der Waals surface area contributed by atoms with Crippen molar-refractivity contribution in [2.75, 3.05) is 11.8 Å². The standard InChI is InChI=1S/C10H15NO4S2/c1-10(2,3)17(13,14)11-7-5-6-16-8(7)9(12)15-4/h5-6,11H,1-4H3. The summed E-state index contributed by atoms with van der Waals surface area (Å²) in [5.74, 6) is -0.549. The van der Waals surface area contributed by atoms with Crippen molar-refractivity contribution in [2.45, 2.75) is 25.5 Å². The summed E-state index contributed by atoms with van der Waals surface area (Å²) in [5.41, 5.74) is 0.261. The first-order valence-electron chi connectivity index (χ1n) is 4.87. The number of hydrogen-bond donors (Lipinski definition) is 1. The quantitative estimate of drug-likeness (QED) is 0.858. The van der Waals surface area contributed by atoms with Crippen LogP contribution in [0.25, 0.3) is 0 Å². The van der Waals surface area contributed by atoms with E-state index in [4.69, 9.17) is 0 Å². The highest BCUT2D eigenvalue weighted by Crippen LogP contribution is 2.27. The first kappa shape index (κ1) is 14.0. The number of methoxy groups -OCH3 is 1. The molecule has 0 spiro atoms. The zero-order valence-electron chi connectivity index (χ0n) is 10.1. The number of carbonyl (C=O) groups is 1. The molecule has 5 nitrogen and oxygen atoms in total. The summed E-state index contributed by atoms with van der Waals surface area (Å²) in [6.45, 7) is 4.75. The Bertz CT molecular complexity index is 511. The first-order chi connectivity index (χ1) is 7.69. The maximum absolute atomic E-state index is 11.9. The number of carbonyl (C=O) groups excluding carboxylic acids is 1. The Balaban J connectivity index is 3.06. The third-order valence-electron chi connectivity index (χ3n) is 2.09. The fourth-order valence-corrected chi connectivity index (χ4v) is 2.53. The molecule has 0 atom stereocenters. The van der Waals surface area contributed by atoms with Crippen molar-refractivity contribution in [2.24, 2.45) is 0 Å². The second kappa shape index (κ2) is 4.66. The van der Waals surface area contributed by atoms with Gasteiger partial charge in [-0.2, -0.15) is 0 Å². The second-order valence-electron chi connectivity index (χ2n) is 4.37. The van der Waals surface area contributed by atoms with Crippen LogP contribution in [0.4, 0.5) is 5.69 Å². The number of nitrogens with one attached hydrogen (secondary N) is 1. The second-order valence-corrected chi connectivity index (χ2v) is 7.72. The van der Waals surface area contributed by atoms with Gasteiger partial charge in [-0.25, -0.2) is 13.2 Å². The Hall–Kier alpha value is -1.08. The highest BCUT2D eigenvalue weighted by molar-refractivity contribution is 7.94. The number of hydrogen-bond acceptors (Lipinski definition) is 5. The maximum atomic E-state index is 11.9. The van der Waals surface area contributed by atoms with Crippen molar-refractivity contribution in [3.05, 3.63) is 16.3 Å². The zero-order valence-corrected chi connectivity index (χ0v) is 11.7. The molecule has 1 N–H and O–H groups in total. The molecule has 0 fully saturated rings. The molecule has 0 aromatic carbocycles. The van der Waals surface area contributed by atoms with Gasteiger partial charge in [-0.15, -0.1) is 11.3 Å². The lowest BCUT2D eigenvalue weighted by Gasteiger charge is -2.20. The van der Waals surface area contributed by atoms with E-state index in [1.807, 2.05) is 0 Å². The number of sulfonamides is 1. The van der Waals surface area contributed by atoms with Crippen LogP contribution in [0.2, 0.25) is 0 Å². The SMILES string of the molecule is COC(=O)c1sccc1NS(=O)(=O)C(C)(C)C. The van der Waals surface area contributed by atoms with Crippen LogP contribution in [0.3, 0.4) is 0 Å². The van der Waals surface area contributed by atoms with E-state index in [1.54, 1.807) is 32.2 Å². The van der Waals surface area contributed by atoms with Crippen LogP contribution in [0.1, 0.15) is 30.4 Å². The average molecular weight is 277 g/mol. The van der Waals surface area contributed by atoms with Crippen LogP contribution in [0.15, 0.2) is 11.4 Å². The van der Waals surface area contributed by atoms with Crippen LogP contribution < -0.4 is 4.72 Å². The van der Waals surface area contributed by atoms with Crippen molar-refractivity contribution in [1.82, 2.24) is 0 Å². The van der Waals surface area contributed by atoms with Gasteiger partial charge in [0.05, 0.1) is 17.5 Å². The Labute approximate surface area is 105 Å². The van der Waals surface area contributed by atoms with E-state index >= 15 is 0 Å². The molecule has 7 heteroatoms. The Kier molecular flexibility index (Phi) is 3.83. The minimum absolute atomic E-state index is 0.250. The number of thiophene rings is 1. The zero-order chi connectivity index (χ0) is 13.3. The van der Waals surface area contributed by atoms with Gasteiger partial charge in [0.1, 0.15) is 4.88 Å². The van der Waals surface area contributed by atoms with E-state index in [0.29, 0.717) is 0 Å². The summed E-state index contributed by atoms with van der Waals surface area (Å²) in [6, 6.07) is 1.54. The van der Waals surface area contributed by atoms with Gasteiger partial charge < -0.3 is 4.74 Å². The molecule has 1 heterocycles. The number of rotatable bonds is 3. The fourth-order valence-electron chi connectivity index (χ4n) is 0.938. The predicted octanol–water partition coefficient (Wildman–Crippen LogP) is 2.07. The molecule has 0 bridgehead atoms. The van der Waals surface area contributed by atoms with Gasteiger partial charge in [-0.1, -0.05) is 0 Å². The largest absolute Gasteiger partial charge is 0.465 e. The molecule has 0 radical (unpaired) electrons. The van der Waals surface area contributed by atoms with Crippen LogP contribution >= 0.6 is 11.3 Å². The Morgan fingerprint density at radius 3 is 2.47 bits per heavy atom. The predicted molar refractivity (Wildman–Crippen MR) is 68.0 cm³/mol. The van der Waals surface area contributed by atoms with Crippen LogP contribution in [0.5, 0.6) is 0 Å². The molecule has 1 aromatic rings.